The second kappa shape index (κ2) is 3.04. The van der Waals surface area contributed by atoms with Crippen LogP contribution in [0.15, 0.2) is 24.3 Å². The number of benzene rings is 1. The van der Waals surface area contributed by atoms with Gasteiger partial charge in [-0.05, 0) is 24.3 Å². The summed E-state index contributed by atoms with van der Waals surface area (Å²) >= 11 is 0. The van der Waals surface area contributed by atoms with Crippen molar-refractivity contribution in [1.82, 2.24) is 0 Å². The average Bonchev–Trinajstić information content (AvgIpc) is 2.04. The van der Waals surface area contributed by atoms with Crippen molar-refractivity contribution in [3.8, 4) is 0 Å². The summed E-state index contributed by atoms with van der Waals surface area (Å²) in [5.41, 5.74) is 0.167. The molecule has 0 saturated heterocycles. The van der Waals surface area contributed by atoms with E-state index in [2.05, 4.69) is 0 Å². The van der Waals surface area contributed by atoms with Crippen molar-refractivity contribution in [2.24, 2.45) is 0 Å². The molecule has 1 rings (SSSR count). The standard InChI is InChI=1S/C8H6O4/c9-7(10)5-1-2-6(4-3-5)8(11)12/h1-4H,(H,9,10)(H,11,12)/i7-1. The third-order valence-corrected chi connectivity index (χ3v) is 1.38. The van der Waals surface area contributed by atoms with Crippen LogP contribution in [0.25, 0.3) is 0 Å². The van der Waals surface area contributed by atoms with Crippen LogP contribution in [0.4, 0.5) is 0 Å². The lowest BCUT2D eigenvalue weighted by atomic mass is 9.93. The van der Waals surface area contributed by atoms with E-state index in [-0.39, 0.29) is 11.1 Å². The SMILES string of the molecule is O=C(O)c1ccc([11C](=O)O)cc1. The summed E-state index contributed by atoms with van der Waals surface area (Å²) in [6, 6.07) is 5.02. The van der Waals surface area contributed by atoms with Gasteiger partial charge in [0.1, 0.15) is 0 Å². The van der Waals surface area contributed by atoms with Gasteiger partial charge in [-0.2, -0.15) is 0 Å². The highest BCUT2D eigenvalue weighted by Gasteiger charge is 2.04. The van der Waals surface area contributed by atoms with Gasteiger partial charge in [-0.3, -0.25) is 0 Å². The predicted octanol–water partition coefficient (Wildman–Crippen LogP) is 1.08. The molecule has 0 bridgehead atoms. The Balaban J connectivity index is 3.01. The summed E-state index contributed by atoms with van der Waals surface area (Å²) < 4.78 is 0. The second-order valence-electron chi connectivity index (χ2n) is 2.19. The summed E-state index contributed by atoms with van der Waals surface area (Å²) in [6.45, 7) is 0. The zero-order valence-electron chi connectivity index (χ0n) is 6.02. The summed E-state index contributed by atoms with van der Waals surface area (Å²) in [4.78, 5) is 20.7. The van der Waals surface area contributed by atoms with Gasteiger partial charge >= 0.3 is 11.9 Å². The molecule has 0 amide bonds. The molecular weight excluding hydrogens is 159 g/mol. The summed E-state index contributed by atoms with van der Waals surface area (Å²) in [6.07, 6.45) is 0. The monoisotopic (exact) mass is 165 g/mol. The van der Waals surface area contributed by atoms with Crippen molar-refractivity contribution in [2.75, 3.05) is 0 Å². The van der Waals surface area contributed by atoms with Crippen LogP contribution in [-0.2, 0) is 0 Å². The molecule has 62 valence electrons. The van der Waals surface area contributed by atoms with Crippen molar-refractivity contribution in [1.29, 1.82) is 0 Å². The Bertz CT molecular complexity index is 279. The Kier molecular flexibility index (Phi) is 2.09. The number of carboxylic acid groups (broad SMARTS) is 2. The molecule has 0 atom stereocenters. The third-order valence-electron chi connectivity index (χ3n) is 1.38. The van der Waals surface area contributed by atoms with E-state index in [9.17, 15) is 9.59 Å². The Morgan fingerprint density at radius 3 is 1.25 bits per heavy atom. The van der Waals surface area contributed by atoms with Gasteiger partial charge in [0.05, 0.1) is 11.1 Å². The molecule has 1 aromatic rings. The number of aromatic carboxylic acids is 2. The van der Waals surface area contributed by atoms with Gasteiger partial charge in [0.25, 0.3) is 0 Å². The highest BCUT2D eigenvalue weighted by molar-refractivity contribution is 5.91. The lowest BCUT2D eigenvalue weighted by Crippen LogP contribution is -1.99. The highest BCUT2D eigenvalue weighted by Crippen LogP contribution is 2.03. The molecule has 0 aliphatic heterocycles. The van der Waals surface area contributed by atoms with E-state index < -0.39 is 11.9 Å². The molecular formula is C8H6O4. The fourth-order valence-corrected chi connectivity index (χ4v) is 0.755. The molecule has 0 saturated carbocycles. The number of carbonyl (C=O) groups is 2. The van der Waals surface area contributed by atoms with Crippen LogP contribution in [0.2, 0.25) is 0 Å². The van der Waals surface area contributed by atoms with E-state index in [4.69, 9.17) is 10.2 Å². The van der Waals surface area contributed by atoms with Crippen molar-refractivity contribution in [2.45, 2.75) is 0 Å². The topological polar surface area (TPSA) is 74.6 Å². The Morgan fingerprint density at radius 2 is 1.08 bits per heavy atom. The molecule has 0 aliphatic rings. The van der Waals surface area contributed by atoms with Gasteiger partial charge in [-0.15, -0.1) is 0 Å². The zero-order chi connectivity index (χ0) is 9.14. The van der Waals surface area contributed by atoms with Crippen LogP contribution in [0.1, 0.15) is 20.7 Å². The maximum absolute atomic E-state index is 10.3. The van der Waals surface area contributed by atoms with E-state index >= 15 is 0 Å². The van der Waals surface area contributed by atoms with Crippen LogP contribution in [0.3, 0.4) is 0 Å². The predicted molar refractivity (Wildman–Crippen MR) is 40.4 cm³/mol. The van der Waals surface area contributed by atoms with Crippen LogP contribution in [0.5, 0.6) is 0 Å². The molecule has 0 spiro atoms. The summed E-state index contributed by atoms with van der Waals surface area (Å²) in [5.74, 6) is -2.13. The third kappa shape index (κ3) is 1.60. The molecule has 4 heteroatoms. The smallest absolute Gasteiger partial charge is 0.335 e. The van der Waals surface area contributed by atoms with E-state index in [1.807, 2.05) is 0 Å². The first-order chi connectivity index (χ1) is 5.61. The molecule has 0 heterocycles. The maximum Gasteiger partial charge on any atom is 0.335 e. The van der Waals surface area contributed by atoms with Crippen molar-refractivity contribution in [3.63, 3.8) is 0 Å². The van der Waals surface area contributed by atoms with Gasteiger partial charge in [0, 0.05) is 0 Å². The average molecular weight is 165 g/mol. The van der Waals surface area contributed by atoms with E-state index in [0.29, 0.717) is 0 Å². The molecule has 4 nitrogen and oxygen atoms in total. The maximum atomic E-state index is 10.3. The van der Waals surface area contributed by atoms with Crippen LogP contribution in [-0.4, -0.2) is 22.2 Å². The molecule has 12 heavy (non-hydrogen) atoms. The van der Waals surface area contributed by atoms with Gasteiger partial charge in [-0.1, -0.05) is 0 Å². The lowest BCUT2D eigenvalue weighted by molar-refractivity contribution is 0.0681. The first-order valence-corrected chi connectivity index (χ1v) is 3.18. The number of carboxylic acids is 2. The number of rotatable bonds is 2. The van der Waals surface area contributed by atoms with E-state index in [0.717, 1.165) is 0 Å². The summed E-state index contributed by atoms with van der Waals surface area (Å²) in [7, 11) is 0. The Hall–Kier alpha value is -1.84. The van der Waals surface area contributed by atoms with E-state index in [1.54, 1.807) is 0 Å². The first kappa shape index (κ1) is 8.26. The molecule has 2 N–H and O–H groups in total. The van der Waals surface area contributed by atoms with Gasteiger partial charge in [0.2, 0.25) is 0 Å². The van der Waals surface area contributed by atoms with Crippen molar-refractivity contribution >= 4 is 11.9 Å². The fourth-order valence-electron chi connectivity index (χ4n) is 0.755. The van der Waals surface area contributed by atoms with Crippen LogP contribution in [0, 0.1) is 0 Å². The molecule has 1 aromatic carbocycles. The van der Waals surface area contributed by atoms with Crippen molar-refractivity contribution in [3.05, 3.63) is 35.4 Å². The second-order valence-corrected chi connectivity index (χ2v) is 2.19. The quantitative estimate of drug-likeness (QED) is 0.687. The van der Waals surface area contributed by atoms with Crippen LogP contribution >= 0.6 is 0 Å². The highest BCUT2D eigenvalue weighted by atomic mass is 16.4. The normalized spacial score (nSPS) is 9.33. The molecule has 0 radical (unpaired) electrons. The van der Waals surface area contributed by atoms with Crippen molar-refractivity contribution < 1.29 is 19.8 Å². The summed E-state index contributed by atoms with van der Waals surface area (Å²) in [5, 5.41) is 16.9. The van der Waals surface area contributed by atoms with Gasteiger partial charge in [-0.25, -0.2) is 9.59 Å². The minimum atomic E-state index is -1.06. The van der Waals surface area contributed by atoms with Gasteiger partial charge < -0.3 is 10.2 Å². The van der Waals surface area contributed by atoms with Crippen LogP contribution < -0.4 is 0 Å². The lowest BCUT2D eigenvalue weighted by Gasteiger charge is -1.94. The molecule has 0 fully saturated rings. The van der Waals surface area contributed by atoms with E-state index in [1.165, 1.54) is 24.3 Å². The minimum Gasteiger partial charge on any atom is -0.478 e. The molecule has 0 aliphatic carbocycles. The Labute approximate surface area is 68.1 Å². The largest absolute Gasteiger partial charge is 0.478 e. The zero-order valence-corrected chi connectivity index (χ0v) is 6.02. The minimum absolute atomic E-state index is 0.0833. The molecule has 0 unspecified atom stereocenters. The fraction of sp³-hybridized carbons (Fsp3) is 0. The first-order valence-electron chi connectivity index (χ1n) is 3.18. The Morgan fingerprint density at radius 1 is 0.833 bits per heavy atom. The number of hydrogen-bond acceptors (Lipinski definition) is 2. The van der Waals surface area contributed by atoms with Gasteiger partial charge in [0.15, 0.2) is 0 Å². The number of hydrogen-bond donors (Lipinski definition) is 2. The molecule has 0 aromatic heterocycles.